The van der Waals surface area contributed by atoms with E-state index in [-0.39, 0.29) is 0 Å². The van der Waals surface area contributed by atoms with Gasteiger partial charge < -0.3 is 5.32 Å². The summed E-state index contributed by atoms with van der Waals surface area (Å²) in [5.74, 6) is 0. The van der Waals surface area contributed by atoms with Crippen LogP contribution in [-0.4, -0.2) is 20.5 Å². The molecule has 0 amide bonds. The summed E-state index contributed by atoms with van der Waals surface area (Å²) in [5.41, 5.74) is 0.584. The van der Waals surface area contributed by atoms with Crippen molar-refractivity contribution in [2.24, 2.45) is 0 Å². The second-order valence-corrected chi connectivity index (χ2v) is 6.98. The fourth-order valence-corrected chi connectivity index (χ4v) is 3.49. The van der Waals surface area contributed by atoms with Crippen molar-refractivity contribution in [1.29, 1.82) is 0 Å². The van der Waals surface area contributed by atoms with Gasteiger partial charge in [-0.05, 0) is 44.0 Å². The SMILES string of the molecule is CCNCc1cccc(S(=O)(=O)NC(C)(CC)CC)c1. The van der Waals surface area contributed by atoms with Crippen molar-refractivity contribution in [2.45, 2.75) is 57.5 Å². The van der Waals surface area contributed by atoms with Crippen LogP contribution in [0, 0.1) is 0 Å². The standard InChI is InChI=1S/C15H26N2O2S/c1-5-15(4,6-2)17-20(18,19)14-10-8-9-13(11-14)12-16-7-3/h8-11,16-17H,5-7,12H2,1-4H3. The van der Waals surface area contributed by atoms with Gasteiger partial charge in [0.1, 0.15) is 0 Å². The Bertz CT molecular complexity index is 522. The Morgan fingerprint density at radius 2 is 1.80 bits per heavy atom. The minimum Gasteiger partial charge on any atom is -0.313 e. The van der Waals surface area contributed by atoms with Gasteiger partial charge in [-0.25, -0.2) is 13.1 Å². The number of nitrogens with one attached hydrogen (secondary N) is 2. The Balaban J connectivity index is 2.98. The molecular formula is C15H26N2O2S. The number of hydrogen-bond acceptors (Lipinski definition) is 3. The quantitative estimate of drug-likeness (QED) is 0.775. The molecule has 2 N–H and O–H groups in total. The molecule has 0 aliphatic rings. The maximum absolute atomic E-state index is 12.5. The molecule has 0 bridgehead atoms. The Morgan fingerprint density at radius 3 is 2.35 bits per heavy atom. The normalized spacial score (nSPS) is 12.6. The molecule has 1 rings (SSSR count). The summed E-state index contributed by atoms with van der Waals surface area (Å²) in [7, 11) is -3.47. The highest BCUT2D eigenvalue weighted by molar-refractivity contribution is 7.89. The number of sulfonamides is 1. The maximum Gasteiger partial charge on any atom is 0.241 e. The van der Waals surface area contributed by atoms with Crippen molar-refractivity contribution >= 4 is 10.0 Å². The summed E-state index contributed by atoms with van der Waals surface area (Å²) in [6.07, 6.45) is 1.53. The molecule has 5 heteroatoms. The van der Waals surface area contributed by atoms with Gasteiger partial charge >= 0.3 is 0 Å². The summed E-state index contributed by atoms with van der Waals surface area (Å²) in [6, 6.07) is 7.09. The Morgan fingerprint density at radius 1 is 1.15 bits per heavy atom. The molecule has 0 radical (unpaired) electrons. The molecule has 0 atom stereocenters. The van der Waals surface area contributed by atoms with E-state index in [2.05, 4.69) is 10.0 Å². The Labute approximate surface area is 123 Å². The van der Waals surface area contributed by atoms with Gasteiger partial charge in [0.2, 0.25) is 10.0 Å². The second-order valence-electron chi connectivity index (χ2n) is 5.30. The molecular weight excluding hydrogens is 272 g/mol. The van der Waals surface area contributed by atoms with Crippen molar-refractivity contribution in [3.63, 3.8) is 0 Å². The average Bonchev–Trinajstić information content (AvgIpc) is 2.45. The van der Waals surface area contributed by atoms with Crippen LogP contribution in [0.3, 0.4) is 0 Å². The molecule has 0 spiro atoms. The van der Waals surface area contributed by atoms with Crippen LogP contribution in [0.2, 0.25) is 0 Å². The van der Waals surface area contributed by atoms with Crippen molar-refractivity contribution in [2.75, 3.05) is 6.54 Å². The van der Waals surface area contributed by atoms with Gasteiger partial charge in [-0.2, -0.15) is 0 Å². The third-order valence-electron chi connectivity index (χ3n) is 3.73. The van der Waals surface area contributed by atoms with Crippen LogP contribution in [0.4, 0.5) is 0 Å². The molecule has 0 saturated carbocycles. The topological polar surface area (TPSA) is 58.2 Å². The summed E-state index contributed by atoms with van der Waals surface area (Å²) in [6.45, 7) is 9.49. The van der Waals surface area contributed by atoms with E-state index in [0.29, 0.717) is 11.4 Å². The highest BCUT2D eigenvalue weighted by atomic mass is 32.2. The molecule has 114 valence electrons. The maximum atomic E-state index is 12.5. The van der Waals surface area contributed by atoms with Gasteiger partial charge in [-0.3, -0.25) is 0 Å². The molecule has 0 aromatic heterocycles. The largest absolute Gasteiger partial charge is 0.313 e. The van der Waals surface area contributed by atoms with Crippen molar-refractivity contribution in [3.05, 3.63) is 29.8 Å². The van der Waals surface area contributed by atoms with E-state index in [0.717, 1.165) is 24.9 Å². The fourth-order valence-electron chi connectivity index (χ4n) is 1.87. The summed E-state index contributed by atoms with van der Waals surface area (Å²) < 4.78 is 27.7. The first kappa shape index (κ1) is 17.1. The zero-order valence-electron chi connectivity index (χ0n) is 12.9. The van der Waals surface area contributed by atoms with E-state index in [9.17, 15) is 8.42 Å². The van der Waals surface area contributed by atoms with E-state index in [1.165, 1.54) is 0 Å². The lowest BCUT2D eigenvalue weighted by Crippen LogP contribution is -2.44. The predicted octanol–water partition coefficient (Wildman–Crippen LogP) is 2.65. The fraction of sp³-hybridized carbons (Fsp3) is 0.600. The zero-order chi connectivity index (χ0) is 15.2. The highest BCUT2D eigenvalue weighted by Crippen LogP contribution is 2.19. The smallest absolute Gasteiger partial charge is 0.241 e. The predicted molar refractivity (Wildman–Crippen MR) is 83.1 cm³/mol. The van der Waals surface area contributed by atoms with Crippen LogP contribution in [0.1, 0.15) is 46.1 Å². The van der Waals surface area contributed by atoms with Crippen LogP contribution in [0.15, 0.2) is 29.2 Å². The van der Waals surface area contributed by atoms with Crippen LogP contribution >= 0.6 is 0 Å². The third-order valence-corrected chi connectivity index (χ3v) is 5.37. The molecule has 1 aromatic rings. The van der Waals surface area contributed by atoms with Gasteiger partial charge in [0.25, 0.3) is 0 Å². The van der Waals surface area contributed by atoms with Gasteiger partial charge in [-0.15, -0.1) is 0 Å². The van der Waals surface area contributed by atoms with Crippen LogP contribution in [-0.2, 0) is 16.6 Å². The molecule has 0 aliphatic heterocycles. The van der Waals surface area contributed by atoms with Crippen molar-refractivity contribution in [3.8, 4) is 0 Å². The summed E-state index contributed by atoms with van der Waals surface area (Å²) >= 11 is 0. The van der Waals surface area contributed by atoms with E-state index in [4.69, 9.17) is 0 Å². The Kier molecular flexibility index (Phi) is 6.17. The number of rotatable bonds is 8. The molecule has 0 heterocycles. The van der Waals surface area contributed by atoms with Gasteiger partial charge in [0.05, 0.1) is 4.90 Å². The molecule has 20 heavy (non-hydrogen) atoms. The lowest BCUT2D eigenvalue weighted by Gasteiger charge is -2.27. The minimum atomic E-state index is -3.47. The van der Waals surface area contributed by atoms with Gasteiger partial charge in [-0.1, -0.05) is 32.9 Å². The van der Waals surface area contributed by atoms with Gasteiger partial charge in [0.15, 0.2) is 0 Å². The summed E-state index contributed by atoms with van der Waals surface area (Å²) in [5, 5.41) is 3.20. The van der Waals surface area contributed by atoms with E-state index in [1.54, 1.807) is 18.2 Å². The highest BCUT2D eigenvalue weighted by Gasteiger charge is 2.27. The first-order chi connectivity index (χ1) is 9.37. The first-order valence-electron chi connectivity index (χ1n) is 7.20. The van der Waals surface area contributed by atoms with E-state index in [1.807, 2.05) is 33.8 Å². The van der Waals surface area contributed by atoms with Crippen molar-refractivity contribution in [1.82, 2.24) is 10.0 Å². The Hall–Kier alpha value is -0.910. The van der Waals surface area contributed by atoms with Crippen LogP contribution < -0.4 is 10.0 Å². The number of hydrogen-bond donors (Lipinski definition) is 2. The van der Waals surface area contributed by atoms with E-state index < -0.39 is 15.6 Å². The minimum absolute atomic E-state index is 0.334. The monoisotopic (exact) mass is 298 g/mol. The molecule has 0 unspecified atom stereocenters. The number of benzene rings is 1. The first-order valence-corrected chi connectivity index (χ1v) is 8.69. The lowest BCUT2D eigenvalue weighted by atomic mass is 9.98. The van der Waals surface area contributed by atoms with Crippen molar-refractivity contribution < 1.29 is 8.42 Å². The molecule has 4 nitrogen and oxygen atoms in total. The molecule has 0 fully saturated rings. The van der Waals surface area contributed by atoms with Gasteiger partial charge in [0, 0.05) is 12.1 Å². The van der Waals surface area contributed by atoms with Crippen LogP contribution in [0.5, 0.6) is 0 Å². The van der Waals surface area contributed by atoms with E-state index >= 15 is 0 Å². The average molecular weight is 298 g/mol. The summed E-state index contributed by atoms with van der Waals surface area (Å²) in [4.78, 5) is 0.334. The molecule has 0 saturated heterocycles. The van der Waals surface area contributed by atoms with Crippen LogP contribution in [0.25, 0.3) is 0 Å². The second kappa shape index (κ2) is 7.20. The third kappa shape index (κ3) is 4.58. The zero-order valence-corrected chi connectivity index (χ0v) is 13.7. The molecule has 0 aliphatic carbocycles. The molecule has 1 aromatic carbocycles. The lowest BCUT2D eigenvalue weighted by molar-refractivity contribution is 0.388.